The number of aliphatic imine (C=N–C) groups is 1. The fraction of sp³-hybridized carbons (Fsp3) is 0.0769. The van der Waals surface area contributed by atoms with Gasteiger partial charge in [-0.1, -0.05) is 30.3 Å². The van der Waals surface area contributed by atoms with Crippen LogP contribution in [-0.2, 0) is 10.3 Å². The van der Waals surface area contributed by atoms with Crippen molar-refractivity contribution in [3.8, 4) is 0 Å². The van der Waals surface area contributed by atoms with E-state index in [1.165, 1.54) is 0 Å². The first kappa shape index (κ1) is 19.5. The highest BCUT2D eigenvalue weighted by atomic mass is 16.2. The van der Waals surface area contributed by atoms with E-state index in [0.717, 1.165) is 11.0 Å². The average molecular weight is 458 g/mol. The summed E-state index contributed by atoms with van der Waals surface area (Å²) >= 11 is 0. The Morgan fingerprint density at radius 1 is 0.771 bits per heavy atom. The van der Waals surface area contributed by atoms with Crippen molar-refractivity contribution < 1.29 is 4.79 Å². The van der Waals surface area contributed by atoms with Crippen LogP contribution in [0.4, 0.5) is 5.95 Å². The molecule has 0 bridgehead atoms. The SMILES string of the molecule is O=C1N2C(=NC1(c1ccccn1)c1ccccn1)Nc1nc3ccccc3n1[C@@H]2c1ccccn1. The van der Waals surface area contributed by atoms with Crippen LogP contribution in [0.15, 0.2) is 102 Å². The Kier molecular flexibility index (Phi) is 4.07. The normalized spacial score (nSPS) is 18.1. The van der Waals surface area contributed by atoms with E-state index in [1.807, 2.05) is 71.3 Å². The van der Waals surface area contributed by atoms with Crippen molar-refractivity contribution in [2.75, 3.05) is 5.32 Å². The molecule has 0 aliphatic carbocycles. The van der Waals surface area contributed by atoms with Gasteiger partial charge in [-0.05, 0) is 48.5 Å². The molecule has 1 atom stereocenters. The van der Waals surface area contributed by atoms with Gasteiger partial charge >= 0.3 is 0 Å². The Morgan fingerprint density at radius 2 is 1.43 bits per heavy atom. The molecule has 9 heteroatoms. The Hall–Kier alpha value is -4.92. The van der Waals surface area contributed by atoms with E-state index >= 15 is 0 Å². The molecule has 0 spiro atoms. The van der Waals surface area contributed by atoms with E-state index in [1.54, 1.807) is 35.6 Å². The number of carbonyl (C=O) groups excluding carboxylic acids is 1. The molecule has 1 amide bonds. The average Bonchev–Trinajstić information content (AvgIpc) is 3.44. The number of benzene rings is 1. The van der Waals surface area contributed by atoms with Crippen molar-refractivity contribution in [3.63, 3.8) is 0 Å². The third kappa shape index (κ3) is 2.69. The molecule has 4 aromatic heterocycles. The highest BCUT2D eigenvalue weighted by molar-refractivity contribution is 6.14. The van der Waals surface area contributed by atoms with Gasteiger partial charge in [0.1, 0.15) is 0 Å². The smallest absolute Gasteiger partial charge is 0.271 e. The molecule has 168 valence electrons. The number of imidazole rings is 1. The standard InChI is InChI=1S/C26H18N8O/c35-23-26(20-12-4-7-15-28-20,21-13-5-8-16-29-21)32-25-31-24-30-17-9-1-2-11-19(17)33(24)22(34(23)25)18-10-3-6-14-27-18/h1-16,22H,(H,30,31,32)/t22-/m0/s1. The van der Waals surface area contributed by atoms with Crippen LogP contribution in [0.2, 0.25) is 0 Å². The van der Waals surface area contributed by atoms with Crippen LogP contribution in [0, 0.1) is 0 Å². The Morgan fingerprint density at radius 3 is 2.09 bits per heavy atom. The van der Waals surface area contributed by atoms with Gasteiger partial charge in [-0.25, -0.2) is 9.98 Å². The predicted octanol–water partition coefficient (Wildman–Crippen LogP) is 3.34. The monoisotopic (exact) mass is 458 g/mol. The lowest BCUT2D eigenvalue weighted by atomic mass is 9.89. The van der Waals surface area contributed by atoms with Gasteiger partial charge in [0, 0.05) is 18.6 Å². The number of fused-ring (bicyclic) bond motifs is 4. The van der Waals surface area contributed by atoms with Gasteiger partial charge in [0.2, 0.25) is 17.4 Å². The molecule has 35 heavy (non-hydrogen) atoms. The summed E-state index contributed by atoms with van der Waals surface area (Å²) in [6, 6.07) is 24.4. The maximum Gasteiger partial charge on any atom is 0.271 e. The zero-order valence-electron chi connectivity index (χ0n) is 18.4. The fourth-order valence-corrected chi connectivity index (χ4v) is 4.85. The molecular weight excluding hydrogens is 440 g/mol. The third-order valence-corrected chi connectivity index (χ3v) is 6.36. The molecule has 9 nitrogen and oxygen atoms in total. The van der Waals surface area contributed by atoms with Gasteiger partial charge in [0.05, 0.1) is 28.1 Å². The molecule has 0 radical (unpaired) electrons. The highest BCUT2D eigenvalue weighted by Crippen LogP contribution is 2.44. The minimum absolute atomic E-state index is 0.267. The van der Waals surface area contributed by atoms with Crippen molar-refractivity contribution >= 4 is 28.8 Å². The topological polar surface area (TPSA) is 101 Å². The molecule has 0 unspecified atom stereocenters. The zero-order valence-corrected chi connectivity index (χ0v) is 18.4. The minimum atomic E-state index is -1.45. The van der Waals surface area contributed by atoms with E-state index < -0.39 is 11.7 Å². The highest BCUT2D eigenvalue weighted by Gasteiger charge is 2.57. The molecule has 7 rings (SSSR count). The molecule has 1 N–H and O–H groups in total. The van der Waals surface area contributed by atoms with Gasteiger partial charge < -0.3 is 0 Å². The van der Waals surface area contributed by atoms with Crippen LogP contribution in [0.3, 0.4) is 0 Å². The first-order chi connectivity index (χ1) is 17.3. The molecule has 0 saturated heterocycles. The number of para-hydroxylation sites is 2. The van der Waals surface area contributed by atoms with Gasteiger partial charge in [-0.2, -0.15) is 0 Å². The van der Waals surface area contributed by atoms with Crippen LogP contribution >= 0.6 is 0 Å². The van der Waals surface area contributed by atoms with Gasteiger partial charge in [0.25, 0.3) is 5.91 Å². The molecule has 1 aromatic carbocycles. The van der Waals surface area contributed by atoms with Gasteiger partial charge in [-0.15, -0.1) is 0 Å². The Labute approximate surface area is 199 Å². The zero-order chi connectivity index (χ0) is 23.4. The van der Waals surface area contributed by atoms with Crippen LogP contribution in [0.5, 0.6) is 0 Å². The first-order valence-corrected chi connectivity index (χ1v) is 11.2. The number of anilines is 1. The molecule has 0 fully saturated rings. The number of pyridine rings is 3. The van der Waals surface area contributed by atoms with Crippen molar-refractivity contribution in [2.45, 2.75) is 11.7 Å². The summed E-state index contributed by atoms with van der Waals surface area (Å²) in [5, 5.41) is 3.30. The number of aromatic nitrogens is 5. The van der Waals surface area contributed by atoms with Crippen molar-refractivity contribution in [1.29, 1.82) is 0 Å². The van der Waals surface area contributed by atoms with E-state index in [9.17, 15) is 4.79 Å². The van der Waals surface area contributed by atoms with Crippen LogP contribution in [-0.4, -0.2) is 41.3 Å². The van der Waals surface area contributed by atoms with Crippen LogP contribution < -0.4 is 5.32 Å². The number of rotatable bonds is 3. The molecular formula is C26H18N8O. The summed E-state index contributed by atoms with van der Waals surface area (Å²) in [6.45, 7) is 0. The molecule has 6 heterocycles. The van der Waals surface area contributed by atoms with Crippen molar-refractivity contribution in [2.24, 2.45) is 4.99 Å². The van der Waals surface area contributed by atoms with Crippen molar-refractivity contribution in [1.82, 2.24) is 29.4 Å². The first-order valence-electron chi connectivity index (χ1n) is 11.2. The van der Waals surface area contributed by atoms with Crippen LogP contribution in [0.1, 0.15) is 23.2 Å². The molecule has 2 aliphatic heterocycles. The summed E-state index contributed by atoms with van der Waals surface area (Å²) < 4.78 is 1.99. The number of hydrogen-bond acceptors (Lipinski definition) is 7. The summed E-state index contributed by atoms with van der Waals surface area (Å²) in [7, 11) is 0. The maximum absolute atomic E-state index is 14.5. The lowest BCUT2D eigenvalue weighted by Crippen LogP contribution is -2.50. The minimum Gasteiger partial charge on any atom is -0.295 e. The number of nitrogens with zero attached hydrogens (tertiary/aromatic N) is 7. The Balaban J connectivity index is 1.51. The third-order valence-electron chi connectivity index (χ3n) is 6.36. The number of carbonyl (C=O) groups is 1. The quantitative estimate of drug-likeness (QED) is 0.445. The van der Waals surface area contributed by atoms with E-state index in [0.29, 0.717) is 29.0 Å². The largest absolute Gasteiger partial charge is 0.295 e. The number of guanidine groups is 1. The fourth-order valence-electron chi connectivity index (χ4n) is 4.85. The second-order valence-corrected chi connectivity index (χ2v) is 8.30. The lowest BCUT2D eigenvalue weighted by Gasteiger charge is -2.36. The summed E-state index contributed by atoms with van der Waals surface area (Å²) in [6.07, 6.45) is 4.44. The van der Waals surface area contributed by atoms with E-state index in [4.69, 9.17) is 9.98 Å². The predicted molar refractivity (Wildman–Crippen MR) is 129 cm³/mol. The van der Waals surface area contributed by atoms with Gasteiger partial charge in [0.15, 0.2) is 6.17 Å². The Bertz CT molecular complexity index is 1560. The molecule has 2 aliphatic rings. The maximum atomic E-state index is 14.5. The lowest BCUT2D eigenvalue weighted by molar-refractivity contribution is -0.132. The molecule has 5 aromatic rings. The van der Waals surface area contributed by atoms with E-state index in [-0.39, 0.29) is 5.91 Å². The summed E-state index contributed by atoms with van der Waals surface area (Å²) in [5.41, 5.74) is 1.93. The van der Waals surface area contributed by atoms with Crippen molar-refractivity contribution in [3.05, 3.63) is 115 Å². The second kappa shape index (κ2) is 7.29. The van der Waals surface area contributed by atoms with Gasteiger partial charge in [-0.3, -0.25) is 34.5 Å². The second-order valence-electron chi connectivity index (χ2n) is 8.30. The number of nitrogens with one attached hydrogen (secondary N) is 1. The number of amides is 1. The number of hydrogen-bond donors (Lipinski definition) is 1. The molecule has 0 saturated carbocycles. The summed E-state index contributed by atoms with van der Waals surface area (Å²) in [4.78, 5) is 39.7. The summed E-state index contributed by atoms with van der Waals surface area (Å²) in [5.74, 6) is 0.698. The van der Waals surface area contributed by atoms with Crippen LogP contribution in [0.25, 0.3) is 11.0 Å². The van der Waals surface area contributed by atoms with E-state index in [2.05, 4.69) is 20.3 Å².